The molecule has 0 radical (unpaired) electrons. The van der Waals surface area contributed by atoms with Crippen molar-refractivity contribution in [3.8, 4) is 22.3 Å². The molecule has 7 aromatic rings. The summed E-state index contributed by atoms with van der Waals surface area (Å²) in [7, 11) is 10.9. The molecule has 0 saturated heterocycles. The van der Waals surface area contributed by atoms with Gasteiger partial charge in [-0.1, -0.05) is 96.1 Å². The Morgan fingerprint density at radius 1 is 0.512 bits per heavy atom. The monoisotopic (exact) mass is 798 g/mol. The summed E-state index contributed by atoms with van der Waals surface area (Å²) in [5.41, 5.74) is 5.23. The van der Waals surface area contributed by atoms with Gasteiger partial charge in [0.25, 0.3) is 0 Å². The van der Waals surface area contributed by atoms with E-state index in [0.29, 0.717) is 0 Å². The van der Waals surface area contributed by atoms with Gasteiger partial charge in [-0.15, -0.1) is 0 Å². The van der Waals surface area contributed by atoms with Crippen molar-refractivity contribution >= 4 is 53.2 Å². The molecular formula is C37H30Cl2GeHf-2. The Bertz CT molecular complexity index is 1730. The maximum absolute atomic E-state index is 6.02. The first-order valence-corrected chi connectivity index (χ1v) is 36.0. The molecule has 0 atom stereocenters. The van der Waals surface area contributed by atoms with Crippen LogP contribution in [0.5, 0.6) is 0 Å². The van der Waals surface area contributed by atoms with Crippen molar-refractivity contribution in [1.29, 1.82) is 0 Å². The molecule has 0 nitrogen and oxygen atoms in total. The predicted octanol–water partition coefficient (Wildman–Crippen LogP) is 10.9. The van der Waals surface area contributed by atoms with Crippen molar-refractivity contribution in [2.75, 3.05) is 0 Å². The van der Waals surface area contributed by atoms with E-state index >= 15 is 0 Å². The van der Waals surface area contributed by atoms with E-state index in [1.54, 1.807) is 0 Å². The van der Waals surface area contributed by atoms with Gasteiger partial charge >= 0.3 is 83.7 Å². The standard InChI is InChI=1S/2C15H11.C7H8Ge.2ClH.Hf/c2*1-2-7-12(6-1)15-11-5-9-13-8-3-4-10-14(13)15;1-8-7-5-3-2-4-6-7;;;/h2*1-11H;2-6H,1H3;2*1H;/q2*-1;;;;+2/p-2. The molecule has 0 aromatic heterocycles. The van der Waals surface area contributed by atoms with Crippen molar-refractivity contribution in [3.63, 3.8) is 0 Å². The summed E-state index contributed by atoms with van der Waals surface area (Å²) < 4.78 is 1.44. The largest absolute Gasteiger partial charge is 0.206 e. The molecule has 0 aliphatic carbocycles. The summed E-state index contributed by atoms with van der Waals surface area (Å²) in [6, 6.07) is 57.3. The molecule has 7 rings (SSSR count). The summed E-state index contributed by atoms with van der Waals surface area (Å²) in [5, 5.41) is 5.25. The smallest absolute Gasteiger partial charge is 0.0189 e. The van der Waals surface area contributed by atoms with Crippen LogP contribution in [0.1, 0.15) is 0 Å². The van der Waals surface area contributed by atoms with Crippen molar-refractivity contribution in [3.05, 3.63) is 164 Å². The minimum atomic E-state index is -2.03. The Kier molecular flexibility index (Phi) is 10.9. The van der Waals surface area contributed by atoms with Crippen molar-refractivity contribution in [2.24, 2.45) is 0 Å². The average molecular weight is 797 g/mol. The summed E-state index contributed by atoms with van der Waals surface area (Å²) >= 11 is -2.03. The second-order valence-corrected chi connectivity index (χ2v) is 56.6. The van der Waals surface area contributed by atoms with Crippen LogP contribution in [0.15, 0.2) is 164 Å². The van der Waals surface area contributed by atoms with Gasteiger partial charge in [0, 0.05) is 0 Å². The van der Waals surface area contributed by atoms with E-state index in [0.717, 1.165) is 0 Å². The van der Waals surface area contributed by atoms with Crippen molar-refractivity contribution in [1.82, 2.24) is 0 Å². The summed E-state index contributed by atoms with van der Waals surface area (Å²) in [4.78, 5) is 0. The summed E-state index contributed by atoms with van der Waals surface area (Å²) in [6.45, 7) is 0. The molecule has 0 amide bonds. The third kappa shape index (κ3) is 7.78. The van der Waals surface area contributed by atoms with Gasteiger partial charge in [0.15, 0.2) is 0 Å². The molecule has 0 aliphatic heterocycles. The van der Waals surface area contributed by atoms with Crippen LogP contribution in [-0.2, 0) is 16.0 Å². The van der Waals surface area contributed by atoms with Gasteiger partial charge in [0.2, 0.25) is 0 Å². The van der Waals surface area contributed by atoms with E-state index in [-0.39, 0.29) is 0 Å². The quantitative estimate of drug-likeness (QED) is 0.123. The molecule has 0 spiro atoms. The van der Waals surface area contributed by atoms with Crippen molar-refractivity contribution in [2.45, 2.75) is 5.76 Å². The first kappa shape index (κ1) is 29.8. The van der Waals surface area contributed by atoms with Crippen LogP contribution in [0.25, 0.3) is 43.8 Å². The Hall–Kier alpha value is -2.69. The maximum atomic E-state index is 6.02. The molecule has 0 heterocycles. The molecule has 0 N–H and O–H groups in total. The van der Waals surface area contributed by atoms with Crippen LogP contribution < -0.4 is 4.40 Å². The molecule has 4 heteroatoms. The van der Waals surface area contributed by atoms with E-state index in [1.165, 1.54) is 48.2 Å². The van der Waals surface area contributed by atoms with E-state index in [9.17, 15) is 0 Å². The first-order chi connectivity index (χ1) is 20.1. The maximum Gasteiger partial charge on any atom is -0.0189 e. The normalized spacial score (nSPS) is 10.3. The van der Waals surface area contributed by atoms with E-state index in [4.69, 9.17) is 17.2 Å². The van der Waals surface area contributed by atoms with E-state index in [2.05, 4.69) is 163 Å². The molecule has 41 heavy (non-hydrogen) atoms. The summed E-state index contributed by atoms with van der Waals surface area (Å²) in [6.07, 6.45) is 0. The van der Waals surface area contributed by atoms with Gasteiger partial charge < -0.3 is 0 Å². The fraction of sp³-hybridized carbons (Fsp3) is 0.0270. The minimum absolute atomic E-state index is 1.15. The summed E-state index contributed by atoms with van der Waals surface area (Å²) in [5.74, 6) is 2.28. The van der Waals surface area contributed by atoms with Gasteiger partial charge in [-0.25, -0.2) is 12.1 Å². The number of benzene rings is 5. The van der Waals surface area contributed by atoms with Crippen LogP contribution in [0.4, 0.5) is 0 Å². The number of hydrogen-bond acceptors (Lipinski definition) is 0. The minimum Gasteiger partial charge on any atom is -0.206 e. The third-order valence-corrected chi connectivity index (χ3v) is 50.8. The van der Waals surface area contributed by atoms with Gasteiger partial charge in [-0.05, 0) is 21.5 Å². The SMILES string of the molecule is [CH3][Ge]([c]1ccccc1)=[Hf]([Cl])[Cl].c1ccc2c(-c3cc[cH-]c3)cccc2c1.c1ccc2c(-c3cc[cH-]c3)cccc2c1. The number of fused-ring (bicyclic) bond motifs is 2. The molecule has 0 fully saturated rings. The molecule has 0 aliphatic rings. The Morgan fingerprint density at radius 3 is 1.39 bits per heavy atom. The first-order valence-electron chi connectivity index (χ1n) is 13.6. The Labute approximate surface area is 258 Å². The number of halogens is 2. The van der Waals surface area contributed by atoms with Crippen LogP contribution in [0.3, 0.4) is 0 Å². The van der Waals surface area contributed by atoms with Gasteiger partial charge in [-0.3, -0.25) is 0 Å². The van der Waals surface area contributed by atoms with Crippen LogP contribution >= 0.6 is 17.2 Å². The number of rotatable bonds is 3. The van der Waals surface area contributed by atoms with Crippen LogP contribution in [-0.4, -0.2) is 10.1 Å². The van der Waals surface area contributed by atoms with Gasteiger partial charge in [0.1, 0.15) is 0 Å². The predicted molar refractivity (Wildman–Crippen MR) is 179 cm³/mol. The van der Waals surface area contributed by atoms with Crippen LogP contribution in [0.2, 0.25) is 5.76 Å². The third-order valence-electron chi connectivity index (χ3n) is 7.02. The Morgan fingerprint density at radius 2 is 0.951 bits per heavy atom. The Balaban J connectivity index is 0.000000126. The average Bonchev–Trinajstić information content (AvgIpc) is 3.77. The second-order valence-electron chi connectivity index (χ2n) is 9.65. The van der Waals surface area contributed by atoms with E-state index < -0.39 is 26.0 Å². The molecule has 0 unspecified atom stereocenters. The van der Waals surface area contributed by atoms with Crippen molar-refractivity contribution < 1.29 is 16.0 Å². The van der Waals surface area contributed by atoms with Gasteiger partial charge in [0.05, 0.1) is 0 Å². The fourth-order valence-corrected chi connectivity index (χ4v) is 23.2. The van der Waals surface area contributed by atoms with E-state index in [1.807, 2.05) is 6.07 Å². The van der Waals surface area contributed by atoms with Crippen LogP contribution in [0, 0.1) is 0 Å². The zero-order chi connectivity index (χ0) is 28.4. The zero-order valence-corrected chi connectivity index (χ0v) is 30.0. The second kappa shape index (κ2) is 15.0. The zero-order valence-electron chi connectivity index (χ0n) is 22.8. The molecule has 7 aromatic carbocycles. The fourth-order valence-electron chi connectivity index (χ4n) is 4.86. The number of hydrogen-bond donors (Lipinski definition) is 0. The molecular weight excluding hydrogens is 766 g/mol. The molecule has 0 saturated carbocycles. The molecule has 0 bridgehead atoms. The van der Waals surface area contributed by atoms with Gasteiger partial charge in [-0.2, -0.15) is 47.5 Å². The topological polar surface area (TPSA) is 0 Å². The molecule has 202 valence electrons.